The molecule has 1 rings (SSSR count). The summed E-state index contributed by atoms with van der Waals surface area (Å²) in [5.74, 6) is -0.332. The van der Waals surface area contributed by atoms with E-state index in [9.17, 15) is 14.4 Å². The van der Waals surface area contributed by atoms with E-state index in [2.05, 4.69) is 12.2 Å². The molecule has 1 amide bonds. The number of Topliss-reactive ketones (excluding diaryl/α,β-unsaturated/α-hetero) is 1. The second-order valence-electron chi connectivity index (χ2n) is 6.39. The molecule has 0 atom stereocenters. The molecule has 1 N–H and O–H groups in total. The number of carbonyl (C=O) groups excluding carboxylic acids is 3. The number of hydrogen-bond acceptors (Lipinski definition) is 5. The van der Waals surface area contributed by atoms with E-state index in [-0.39, 0.29) is 37.2 Å². The van der Waals surface area contributed by atoms with E-state index in [1.807, 2.05) is 13.8 Å². The van der Waals surface area contributed by atoms with Crippen LogP contribution >= 0.6 is 0 Å². The maximum atomic E-state index is 12.1. The molecule has 0 aliphatic heterocycles. The molecule has 0 heterocycles. The van der Waals surface area contributed by atoms with Gasteiger partial charge in [-0.1, -0.05) is 19.8 Å². The quantitative estimate of drug-likeness (QED) is 0.350. The highest BCUT2D eigenvalue weighted by Crippen LogP contribution is 2.15. The summed E-state index contributed by atoms with van der Waals surface area (Å²) in [5, 5.41) is 2.62. The summed E-state index contributed by atoms with van der Waals surface area (Å²) in [7, 11) is 0. The molecular weight excluding hydrogens is 334 g/mol. The minimum atomic E-state index is -0.562. The van der Waals surface area contributed by atoms with Crippen molar-refractivity contribution >= 4 is 17.7 Å². The van der Waals surface area contributed by atoms with Gasteiger partial charge in [-0.3, -0.25) is 14.4 Å². The summed E-state index contributed by atoms with van der Waals surface area (Å²) >= 11 is 0. The standard InChI is InChI=1S/C20H29NO5/c1-4-5-6-13-25-17-9-7-16(8-10-17)18(22)11-12-20(24)26-14-19(23)21-15(2)3/h7-10,15H,4-6,11-14H2,1-3H3,(H,21,23). The summed E-state index contributed by atoms with van der Waals surface area (Å²) in [4.78, 5) is 35.1. The SMILES string of the molecule is CCCCCOc1ccc(C(=O)CCC(=O)OCC(=O)NC(C)C)cc1. The number of hydrogen-bond donors (Lipinski definition) is 1. The molecule has 0 radical (unpaired) electrons. The highest BCUT2D eigenvalue weighted by atomic mass is 16.5. The first kappa shape index (κ1) is 21.7. The Hall–Kier alpha value is -2.37. The molecule has 0 saturated heterocycles. The van der Waals surface area contributed by atoms with Crippen molar-refractivity contribution in [3.05, 3.63) is 29.8 Å². The third-order valence-electron chi connectivity index (χ3n) is 3.56. The summed E-state index contributed by atoms with van der Waals surface area (Å²) in [6.07, 6.45) is 3.27. The number of rotatable bonds is 12. The Morgan fingerprint density at radius 3 is 2.35 bits per heavy atom. The fourth-order valence-corrected chi connectivity index (χ4v) is 2.22. The van der Waals surface area contributed by atoms with Gasteiger partial charge < -0.3 is 14.8 Å². The van der Waals surface area contributed by atoms with E-state index in [1.165, 1.54) is 0 Å². The van der Waals surface area contributed by atoms with Crippen LogP contribution in [0.1, 0.15) is 63.2 Å². The van der Waals surface area contributed by atoms with Gasteiger partial charge in [0.05, 0.1) is 13.0 Å². The number of amides is 1. The van der Waals surface area contributed by atoms with E-state index in [0.29, 0.717) is 12.2 Å². The van der Waals surface area contributed by atoms with Gasteiger partial charge in [0.25, 0.3) is 5.91 Å². The number of benzene rings is 1. The van der Waals surface area contributed by atoms with Crippen molar-refractivity contribution in [2.45, 2.75) is 58.9 Å². The Morgan fingerprint density at radius 1 is 1.04 bits per heavy atom. The minimum Gasteiger partial charge on any atom is -0.494 e. The maximum absolute atomic E-state index is 12.1. The molecule has 0 unspecified atom stereocenters. The molecule has 0 aliphatic rings. The highest BCUT2D eigenvalue weighted by molar-refractivity contribution is 5.97. The fourth-order valence-electron chi connectivity index (χ4n) is 2.22. The van der Waals surface area contributed by atoms with Crippen LogP contribution in [0.25, 0.3) is 0 Å². The van der Waals surface area contributed by atoms with Gasteiger partial charge in [0.1, 0.15) is 5.75 Å². The third kappa shape index (κ3) is 9.20. The first-order valence-electron chi connectivity index (χ1n) is 9.13. The molecule has 0 aliphatic carbocycles. The van der Waals surface area contributed by atoms with Crippen molar-refractivity contribution in [2.24, 2.45) is 0 Å². The number of carbonyl (C=O) groups is 3. The molecule has 0 fully saturated rings. The van der Waals surface area contributed by atoms with Crippen LogP contribution in [-0.2, 0) is 14.3 Å². The molecule has 0 spiro atoms. The van der Waals surface area contributed by atoms with Gasteiger partial charge >= 0.3 is 5.97 Å². The van der Waals surface area contributed by atoms with Crippen molar-refractivity contribution in [1.82, 2.24) is 5.32 Å². The number of ketones is 1. The van der Waals surface area contributed by atoms with Crippen molar-refractivity contribution in [3.63, 3.8) is 0 Å². The smallest absolute Gasteiger partial charge is 0.306 e. The van der Waals surface area contributed by atoms with Gasteiger partial charge in [-0.2, -0.15) is 0 Å². The van der Waals surface area contributed by atoms with Gasteiger partial charge in [-0.05, 0) is 44.5 Å². The van der Waals surface area contributed by atoms with Crippen LogP contribution < -0.4 is 10.1 Å². The van der Waals surface area contributed by atoms with Crippen LogP contribution in [-0.4, -0.2) is 36.9 Å². The van der Waals surface area contributed by atoms with Gasteiger partial charge in [0, 0.05) is 18.0 Å². The van der Waals surface area contributed by atoms with Crippen LogP contribution in [0, 0.1) is 0 Å². The minimum absolute atomic E-state index is 0.0126. The Balaban J connectivity index is 2.31. The summed E-state index contributed by atoms with van der Waals surface area (Å²) in [5.41, 5.74) is 0.524. The summed E-state index contributed by atoms with van der Waals surface area (Å²) < 4.78 is 10.5. The van der Waals surface area contributed by atoms with E-state index in [1.54, 1.807) is 24.3 Å². The first-order valence-corrected chi connectivity index (χ1v) is 9.13. The fraction of sp³-hybridized carbons (Fsp3) is 0.550. The average molecular weight is 363 g/mol. The lowest BCUT2D eigenvalue weighted by molar-refractivity contribution is -0.148. The van der Waals surface area contributed by atoms with Crippen LogP contribution in [0.15, 0.2) is 24.3 Å². The zero-order valence-corrected chi connectivity index (χ0v) is 15.9. The molecular formula is C20H29NO5. The van der Waals surface area contributed by atoms with E-state index < -0.39 is 5.97 Å². The van der Waals surface area contributed by atoms with Crippen molar-refractivity contribution < 1.29 is 23.9 Å². The number of unbranched alkanes of at least 4 members (excludes halogenated alkanes) is 2. The second kappa shape index (κ2) is 12.1. The zero-order chi connectivity index (χ0) is 19.4. The maximum Gasteiger partial charge on any atom is 0.306 e. The van der Waals surface area contributed by atoms with Crippen molar-refractivity contribution in [1.29, 1.82) is 0 Å². The lowest BCUT2D eigenvalue weighted by Gasteiger charge is -2.09. The van der Waals surface area contributed by atoms with Crippen LogP contribution in [0.4, 0.5) is 0 Å². The number of nitrogens with one attached hydrogen (secondary N) is 1. The van der Waals surface area contributed by atoms with Gasteiger partial charge in [-0.15, -0.1) is 0 Å². The summed E-state index contributed by atoms with van der Waals surface area (Å²) in [6.45, 7) is 6.11. The average Bonchev–Trinajstić information content (AvgIpc) is 2.61. The Bertz CT molecular complexity index is 580. The Labute approximate surface area is 155 Å². The van der Waals surface area contributed by atoms with E-state index in [0.717, 1.165) is 25.0 Å². The second-order valence-corrected chi connectivity index (χ2v) is 6.39. The molecule has 26 heavy (non-hydrogen) atoms. The molecule has 6 heteroatoms. The molecule has 1 aromatic carbocycles. The zero-order valence-electron chi connectivity index (χ0n) is 15.9. The van der Waals surface area contributed by atoms with Crippen molar-refractivity contribution in [2.75, 3.05) is 13.2 Å². The number of ether oxygens (including phenoxy) is 2. The molecule has 6 nitrogen and oxygen atoms in total. The lowest BCUT2D eigenvalue weighted by atomic mass is 10.1. The van der Waals surface area contributed by atoms with Crippen LogP contribution in [0.2, 0.25) is 0 Å². The molecule has 0 saturated carbocycles. The van der Waals surface area contributed by atoms with Crippen LogP contribution in [0.5, 0.6) is 5.75 Å². The predicted octanol–water partition coefficient (Wildman–Crippen LogP) is 3.29. The Kier molecular flexibility index (Phi) is 10.1. The predicted molar refractivity (Wildman–Crippen MR) is 99.3 cm³/mol. The van der Waals surface area contributed by atoms with E-state index >= 15 is 0 Å². The topological polar surface area (TPSA) is 81.7 Å². The number of esters is 1. The molecule has 144 valence electrons. The summed E-state index contributed by atoms with van der Waals surface area (Å²) in [6, 6.07) is 6.89. The third-order valence-corrected chi connectivity index (χ3v) is 3.56. The highest BCUT2D eigenvalue weighted by Gasteiger charge is 2.12. The largest absolute Gasteiger partial charge is 0.494 e. The Morgan fingerprint density at radius 2 is 1.73 bits per heavy atom. The van der Waals surface area contributed by atoms with E-state index in [4.69, 9.17) is 9.47 Å². The molecule has 0 aromatic heterocycles. The monoisotopic (exact) mass is 363 g/mol. The van der Waals surface area contributed by atoms with Gasteiger partial charge in [0.2, 0.25) is 0 Å². The normalized spacial score (nSPS) is 10.5. The van der Waals surface area contributed by atoms with Crippen molar-refractivity contribution in [3.8, 4) is 5.75 Å². The first-order chi connectivity index (χ1) is 12.4. The van der Waals surface area contributed by atoms with Crippen LogP contribution in [0.3, 0.4) is 0 Å². The molecule has 0 bridgehead atoms. The van der Waals surface area contributed by atoms with Gasteiger partial charge in [0.15, 0.2) is 12.4 Å². The lowest BCUT2D eigenvalue weighted by Crippen LogP contribution is -2.34. The van der Waals surface area contributed by atoms with Gasteiger partial charge in [-0.25, -0.2) is 0 Å². The molecule has 1 aromatic rings.